The van der Waals surface area contributed by atoms with E-state index in [4.69, 9.17) is 10.00 Å². The minimum absolute atomic E-state index is 0.114. The van der Waals surface area contributed by atoms with E-state index < -0.39 is 39.1 Å². The first-order valence-corrected chi connectivity index (χ1v) is 10.4. The van der Waals surface area contributed by atoms with Gasteiger partial charge in [-0.1, -0.05) is 13.0 Å². The lowest BCUT2D eigenvalue weighted by molar-refractivity contribution is -0.162. The summed E-state index contributed by atoms with van der Waals surface area (Å²) in [6, 6.07) is 7.07. The smallest absolute Gasteiger partial charge is 0.479 e. The second-order valence-electron chi connectivity index (χ2n) is 7.42. The Morgan fingerprint density at radius 2 is 1.87 bits per heavy atom. The topological polar surface area (TPSA) is 114 Å². The Balaban J connectivity index is 2.90. The molecule has 1 unspecified atom stereocenters. The zero-order chi connectivity index (χ0) is 23.8. The predicted octanol–water partition coefficient (Wildman–Crippen LogP) is 4.58. The predicted molar refractivity (Wildman–Crippen MR) is 105 cm³/mol. The lowest BCUT2D eigenvalue weighted by atomic mass is 9.94. The molecule has 1 atom stereocenters. The van der Waals surface area contributed by atoms with E-state index >= 15 is 0 Å². The lowest BCUT2D eigenvalue weighted by Crippen LogP contribution is -2.32. The summed E-state index contributed by atoms with van der Waals surface area (Å²) in [5, 5.41) is 18.9. The summed E-state index contributed by atoms with van der Waals surface area (Å²) in [6.45, 7) is 6.29. The highest BCUT2D eigenvalue weighted by molar-refractivity contribution is 7.88. The fraction of sp³-hybridized carbons (Fsp3) is 0.400. The number of carboxylic acid groups (broad SMARTS) is 1. The van der Waals surface area contributed by atoms with E-state index in [1.165, 1.54) is 31.2 Å². The molecular weight excluding hydrogens is 439 g/mol. The van der Waals surface area contributed by atoms with E-state index in [0.717, 1.165) is 0 Å². The van der Waals surface area contributed by atoms with Crippen molar-refractivity contribution in [2.75, 3.05) is 0 Å². The number of fused-ring (bicyclic) bond motifs is 1. The van der Waals surface area contributed by atoms with E-state index in [0.29, 0.717) is 6.42 Å². The van der Waals surface area contributed by atoms with Crippen LogP contribution in [-0.4, -0.2) is 30.6 Å². The molecule has 31 heavy (non-hydrogen) atoms. The molecule has 0 radical (unpaired) electrons. The highest BCUT2D eigenvalue weighted by atomic mass is 32.2. The van der Waals surface area contributed by atoms with Gasteiger partial charge in [0.25, 0.3) is 0 Å². The summed E-state index contributed by atoms with van der Waals surface area (Å²) in [7, 11) is -6.12. The van der Waals surface area contributed by atoms with Gasteiger partial charge in [0.1, 0.15) is 0 Å². The molecule has 0 aliphatic rings. The molecule has 1 N–H and O–H groups in total. The molecule has 0 aromatic heterocycles. The molecule has 0 spiro atoms. The Hall–Kier alpha value is -2.84. The fourth-order valence-electron chi connectivity index (χ4n) is 2.80. The standard InChI is InChI=1S/C20H20F3NO6S/c1-5-19(3,4)29-17(18(25)26)15-11(2)8-13-9-12(10-24)6-7-14(13)16(15)30-31(27,28)20(21,22)23/h6-9,17H,5H2,1-4H3,(H,25,26). The molecule has 0 amide bonds. The van der Waals surface area contributed by atoms with Gasteiger partial charge in [0, 0.05) is 10.9 Å². The van der Waals surface area contributed by atoms with Crippen LogP contribution < -0.4 is 4.18 Å². The van der Waals surface area contributed by atoms with E-state index in [-0.39, 0.29) is 27.5 Å². The van der Waals surface area contributed by atoms with Crippen molar-refractivity contribution in [1.82, 2.24) is 0 Å². The van der Waals surface area contributed by atoms with Gasteiger partial charge in [-0.15, -0.1) is 0 Å². The van der Waals surface area contributed by atoms with Crippen LogP contribution in [0.4, 0.5) is 13.2 Å². The third kappa shape index (κ3) is 5.08. The van der Waals surface area contributed by atoms with Crippen LogP contribution in [0.1, 0.15) is 50.0 Å². The quantitative estimate of drug-likeness (QED) is 0.476. The van der Waals surface area contributed by atoms with Crippen LogP contribution in [0.15, 0.2) is 24.3 Å². The highest BCUT2D eigenvalue weighted by Gasteiger charge is 2.49. The third-order valence-corrected chi connectivity index (χ3v) is 5.67. The molecule has 0 fully saturated rings. The van der Waals surface area contributed by atoms with Gasteiger partial charge in [0.15, 0.2) is 11.9 Å². The Labute approximate surface area is 177 Å². The zero-order valence-corrected chi connectivity index (χ0v) is 17.9. The van der Waals surface area contributed by atoms with Gasteiger partial charge in [-0.2, -0.15) is 26.9 Å². The van der Waals surface area contributed by atoms with Crippen LogP contribution in [0.3, 0.4) is 0 Å². The van der Waals surface area contributed by atoms with Crippen molar-refractivity contribution >= 4 is 26.9 Å². The number of carbonyl (C=O) groups is 1. The number of aliphatic carboxylic acids is 1. The van der Waals surface area contributed by atoms with Gasteiger partial charge in [-0.05, 0) is 56.3 Å². The monoisotopic (exact) mass is 459 g/mol. The van der Waals surface area contributed by atoms with Crippen LogP contribution in [0.25, 0.3) is 10.8 Å². The SMILES string of the molecule is CCC(C)(C)OC(C(=O)O)c1c(C)cc2cc(C#N)ccc2c1OS(=O)(=O)C(F)(F)F. The third-order valence-electron chi connectivity index (χ3n) is 4.72. The maximum atomic E-state index is 13.1. The Morgan fingerprint density at radius 1 is 1.26 bits per heavy atom. The van der Waals surface area contributed by atoms with Crippen LogP contribution in [0.5, 0.6) is 5.75 Å². The van der Waals surface area contributed by atoms with Crippen molar-refractivity contribution in [2.45, 2.75) is 51.3 Å². The summed E-state index contributed by atoms with van der Waals surface area (Å²) in [5.41, 5.74) is -6.81. The molecule has 2 aromatic rings. The molecule has 168 valence electrons. The number of halogens is 3. The summed E-state index contributed by atoms with van der Waals surface area (Å²) in [6.07, 6.45) is -1.44. The first kappa shape index (κ1) is 24.4. The van der Waals surface area contributed by atoms with Crippen molar-refractivity contribution < 1.29 is 40.4 Å². The molecule has 7 nitrogen and oxygen atoms in total. The van der Waals surface area contributed by atoms with Gasteiger partial charge in [-0.3, -0.25) is 0 Å². The summed E-state index contributed by atoms with van der Waals surface area (Å²) >= 11 is 0. The van der Waals surface area contributed by atoms with Crippen molar-refractivity contribution in [2.24, 2.45) is 0 Å². The van der Waals surface area contributed by atoms with Crippen molar-refractivity contribution in [1.29, 1.82) is 5.26 Å². The van der Waals surface area contributed by atoms with Crippen LogP contribution in [0.2, 0.25) is 0 Å². The molecule has 0 saturated carbocycles. The molecule has 0 aliphatic carbocycles. The van der Waals surface area contributed by atoms with E-state index in [9.17, 15) is 31.5 Å². The zero-order valence-electron chi connectivity index (χ0n) is 17.1. The molecule has 0 aliphatic heterocycles. The van der Waals surface area contributed by atoms with Gasteiger partial charge < -0.3 is 14.0 Å². The molecule has 11 heteroatoms. The lowest BCUT2D eigenvalue weighted by Gasteiger charge is -2.30. The maximum absolute atomic E-state index is 13.1. The van der Waals surface area contributed by atoms with Crippen LogP contribution in [-0.2, 0) is 19.6 Å². The molecule has 2 rings (SSSR count). The molecular formula is C20H20F3NO6S. The number of hydrogen-bond acceptors (Lipinski definition) is 6. The van der Waals surface area contributed by atoms with Gasteiger partial charge >= 0.3 is 21.6 Å². The molecule has 0 saturated heterocycles. The number of hydrogen-bond donors (Lipinski definition) is 1. The Kier molecular flexibility index (Phi) is 6.59. The molecule has 0 bridgehead atoms. The number of benzene rings is 2. The number of ether oxygens (including phenoxy) is 1. The van der Waals surface area contributed by atoms with E-state index in [1.807, 2.05) is 6.07 Å². The largest absolute Gasteiger partial charge is 0.534 e. The second kappa shape index (κ2) is 8.36. The van der Waals surface area contributed by atoms with Crippen molar-refractivity contribution in [3.8, 4) is 11.8 Å². The summed E-state index contributed by atoms with van der Waals surface area (Å²) < 4.78 is 72.9. The minimum atomic E-state index is -6.12. The normalized spacial score (nSPS) is 13.6. The summed E-state index contributed by atoms with van der Waals surface area (Å²) in [5.74, 6) is -2.34. The highest BCUT2D eigenvalue weighted by Crippen LogP contribution is 2.42. The maximum Gasteiger partial charge on any atom is 0.534 e. The van der Waals surface area contributed by atoms with Crippen molar-refractivity contribution in [3.05, 3.63) is 41.0 Å². The number of carboxylic acids is 1. The number of aryl methyl sites for hydroxylation is 1. The second-order valence-corrected chi connectivity index (χ2v) is 8.95. The van der Waals surface area contributed by atoms with Crippen LogP contribution >= 0.6 is 0 Å². The van der Waals surface area contributed by atoms with Gasteiger partial charge in [0.05, 0.1) is 17.2 Å². The van der Waals surface area contributed by atoms with Crippen LogP contribution in [0, 0.1) is 18.3 Å². The number of nitriles is 1. The van der Waals surface area contributed by atoms with E-state index in [2.05, 4.69) is 4.18 Å². The average Bonchev–Trinajstić information content (AvgIpc) is 2.65. The van der Waals surface area contributed by atoms with Gasteiger partial charge in [-0.25, -0.2) is 4.79 Å². The molecule has 2 aromatic carbocycles. The average molecular weight is 459 g/mol. The number of nitrogens with zero attached hydrogens (tertiary/aromatic N) is 1. The van der Waals surface area contributed by atoms with E-state index in [1.54, 1.807) is 20.8 Å². The first-order chi connectivity index (χ1) is 14.1. The van der Waals surface area contributed by atoms with Crippen molar-refractivity contribution in [3.63, 3.8) is 0 Å². The number of alkyl halides is 3. The Morgan fingerprint density at radius 3 is 2.35 bits per heavy atom. The van der Waals surface area contributed by atoms with Gasteiger partial charge in [0.2, 0.25) is 0 Å². The fourth-order valence-corrected chi connectivity index (χ4v) is 3.29. The summed E-state index contributed by atoms with van der Waals surface area (Å²) in [4.78, 5) is 12.0. The molecule has 0 heterocycles. The first-order valence-electron chi connectivity index (χ1n) is 9.02. The number of rotatable bonds is 7. The minimum Gasteiger partial charge on any atom is -0.479 e. The Bertz CT molecular complexity index is 1170.